The third-order valence-corrected chi connectivity index (χ3v) is 4.60. The zero-order valence-electron chi connectivity index (χ0n) is 9.24. The molecule has 2 aliphatic heterocycles. The largest absolute Gasteiger partial charge is 0.333 e. The van der Waals surface area contributed by atoms with Gasteiger partial charge in [0.25, 0.3) is 5.91 Å². The maximum absolute atomic E-state index is 12.3. The van der Waals surface area contributed by atoms with Crippen molar-refractivity contribution >= 4 is 17.2 Å². The lowest BCUT2D eigenvalue weighted by Crippen LogP contribution is -2.65. The van der Waals surface area contributed by atoms with Crippen LogP contribution in [0.3, 0.4) is 0 Å². The van der Waals surface area contributed by atoms with E-state index in [0.717, 1.165) is 38.0 Å². The summed E-state index contributed by atoms with van der Waals surface area (Å²) in [5.41, 5.74) is 1.05. The molecule has 0 aromatic carbocycles. The van der Waals surface area contributed by atoms with Gasteiger partial charge in [-0.05, 0) is 43.8 Å². The van der Waals surface area contributed by atoms with Crippen LogP contribution in [0.5, 0.6) is 0 Å². The van der Waals surface area contributed by atoms with Crippen LogP contribution in [0, 0.1) is 0 Å². The molecule has 3 nitrogen and oxygen atoms in total. The number of thiophene rings is 1. The molecule has 86 valence electrons. The molecule has 1 N–H and O–H groups in total. The van der Waals surface area contributed by atoms with Gasteiger partial charge in [0.15, 0.2) is 0 Å². The van der Waals surface area contributed by atoms with Crippen LogP contribution in [0.25, 0.3) is 0 Å². The van der Waals surface area contributed by atoms with Gasteiger partial charge in [-0.15, -0.1) is 0 Å². The molecule has 2 aliphatic rings. The second-order valence-corrected chi connectivity index (χ2v) is 5.47. The number of nitrogens with one attached hydrogen (secondary N) is 1. The summed E-state index contributed by atoms with van der Waals surface area (Å²) in [7, 11) is 0. The molecule has 1 aromatic rings. The van der Waals surface area contributed by atoms with Gasteiger partial charge in [-0.3, -0.25) is 4.79 Å². The first-order valence-electron chi connectivity index (χ1n) is 5.87. The third-order valence-electron chi connectivity index (χ3n) is 3.92. The Bertz CT molecular complexity index is 382. The van der Waals surface area contributed by atoms with Crippen molar-refractivity contribution in [1.29, 1.82) is 0 Å². The van der Waals surface area contributed by atoms with Crippen LogP contribution in [0.2, 0.25) is 0 Å². The van der Waals surface area contributed by atoms with Gasteiger partial charge in [0.05, 0.1) is 5.56 Å². The van der Waals surface area contributed by atoms with Gasteiger partial charge in [-0.2, -0.15) is 11.3 Å². The SMILES string of the molecule is O=C(c1ccsc1)N1CCC12CCNCC2. The Morgan fingerprint density at radius 2 is 2.19 bits per heavy atom. The molecule has 0 bridgehead atoms. The Morgan fingerprint density at radius 3 is 2.75 bits per heavy atom. The molecular weight excluding hydrogens is 220 g/mol. The van der Waals surface area contributed by atoms with Crippen LogP contribution in [-0.4, -0.2) is 36.0 Å². The number of hydrogen-bond acceptors (Lipinski definition) is 3. The fraction of sp³-hybridized carbons (Fsp3) is 0.583. The van der Waals surface area contributed by atoms with Crippen molar-refractivity contribution in [2.75, 3.05) is 19.6 Å². The Morgan fingerprint density at radius 1 is 1.38 bits per heavy atom. The topological polar surface area (TPSA) is 32.3 Å². The Hall–Kier alpha value is -0.870. The van der Waals surface area contributed by atoms with Crippen molar-refractivity contribution in [1.82, 2.24) is 10.2 Å². The molecule has 16 heavy (non-hydrogen) atoms. The van der Waals surface area contributed by atoms with Gasteiger partial charge in [0.1, 0.15) is 0 Å². The van der Waals surface area contributed by atoms with Gasteiger partial charge in [0, 0.05) is 17.5 Å². The molecule has 1 aromatic heterocycles. The molecule has 3 rings (SSSR count). The smallest absolute Gasteiger partial charge is 0.255 e. The lowest BCUT2D eigenvalue weighted by molar-refractivity contribution is -0.0193. The zero-order valence-corrected chi connectivity index (χ0v) is 10.1. The molecule has 1 amide bonds. The molecule has 3 heterocycles. The molecule has 0 saturated carbocycles. The minimum atomic E-state index is 0.185. The van der Waals surface area contributed by atoms with E-state index >= 15 is 0 Å². The molecule has 0 unspecified atom stereocenters. The number of carbonyl (C=O) groups excluding carboxylic acids is 1. The number of carbonyl (C=O) groups is 1. The van der Waals surface area contributed by atoms with E-state index in [9.17, 15) is 4.79 Å². The lowest BCUT2D eigenvalue weighted by atomic mass is 9.76. The molecule has 0 radical (unpaired) electrons. The van der Waals surface area contributed by atoms with E-state index in [0.29, 0.717) is 0 Å². The Kier molecular flexibility index (Phi) is 2.48. The van der Waals surface area contributed by atoms with Crippen molar-refractivity contribution in [2.45, 2.75) is 24.8 Å². The van der Waals surface area contributed by atoms with Gasteiger partial charge in [0.2, 0.25) is 0 Å². The summed E-state index contributed by atoms with van der Waals surface area (Å²) in [4.78, 5) is 14.4. The van der Waals surface area contributed by atoms with Crippen molar-refractivity contribution in [2.24, 2.45) is 0 Å². The first-order valence-corrected chi connectivity index (χ1v) is 6.81. The molecule has 0 atom stereocenters. The normalized spacial score (nSPS) is 23.1. The summed E-state index contributed by atoms with van der Waals surface area (Å²) < 4.78 is 0. The summed E-state index contributed by atoms with van der Waals surface area (Å²) in [5.74, 6) is 0.231. The molecule has 1 spiro atoms. The first-order chi connectivity index (χ1) is 7.82. The van der Waals surface area contributed by atoms with Gasteiger partial charge in [-0.25, -0.2) is 0 Å². The first kappa shape index (κ1) is 10.3. The quantitative estimate of drug-likeness (QED) is 0.805. The highest BCUT2D eigenvalue weighted by molar-refractivity contribution is 7.08. The van der Waals surface area contributed by atoms with Gasteiger partial charge in [-0.1, -0.05) is 0 Å². The molecule has 2 fully saturated rings. The minimum Gasteiger partial charge on any atom is -0.333 e. The summed E-state index contributed by atoms with van der Waals surface area (Å²) in [5, 5.41) is 7.29. The highest BCUT2D eigenvalue weighted by Gasteiger charge is 2.47. The van der Waals surface area contributed by atoms with E-state index in [1.807, 2.05) is 16.8 Å². The molecular formula is C12H16N2OS. The van der Waals surface area contributed by atoms with Crippen LogP contribution in [-0.2, 0) is 0 Å². The van der Waals surface area contributed by atoms with Crippen LogP contribution in [0.1, 0.15) is 29.6 Å². The van der Waals surface area contributed by atoms with Gasteiger partial charge >= 0.3 is 0 Å². The fourth-order valence-electron chi connectivity index (χ4n) is 2.81. The maximum Gasteiger partial charge on any atom is 0.255 e. The molecule has 4 heteroatoms. The lowest BCUT2D eigenvalue weighted by Gasteiger charge is -2.55. The number of likely N-dealkylation sites (tertiary alicyclic amines) is 1. The summed E-state index contributed by atoms with van der Waals surface area (Å²) in [6.45, 7) is 3.04. The number of hydrogen-bond donors (Lipinski definition) is 1. The van der Waals surface area contributed by atoms with Crippen molar-refractivity contribution in [3.63, 3.8) is 0 Å². The van der Waals surface area contributed by atoms with E-state index in [-0.39, 0.29) is 11.4 Å². The second kappa shape index (κ2) is 3.86. The van der Waals surface area contributed by atoms with Gasteiger partial charge < -0.3 is 10.2 Å². The summed E-state index contributed by atoms with van der Waals surface area (Å²) >= 11 is 1.60. The van der Waals surface area contributed by atoms with E-state index in [2.05, 4.69) is 10.2 Å². The number of rotatable bonds is 1. The zero-order chi connectivity index (χ0) is 11.0. The predicted octanol–water partition coefficient (Wildman–Crippen LogP) is 1.72. The van der Waals surface area contributed by atoms with E-state index in [4.69, 9.17) is 0 Å². The second-order valence-electron chi connectivity index (χ2n) is 4.69. The monoisotopic (exact) mass is 236 g/mol. The minimum absolute atomic E-state index is 0.185. The maximum atomic E-state index is 12.3. The van der Waals surface area contributed by atoms with Crippen molar-refractivity contribution in [3.05, 3.63) is 22.4 Å². The summed E-state index contributed by atoms with van der Waals surface area (Å²) in [6, 6.07) is 1.93. The van der Waals surface area contributed by atoms with Crippen LogP contribution < -0.4 is 5.32 Å². The van der Waals surface area contributed by atoms with Crippen molar-refractivity contribution in [3.8, 4) is 0 Å². The third kappa shape index (κ3) is 1.48. The molecule has 2 saturated heterocycles. The number of piperidine rings is 1. The average Bonchev–Trinajstić information content (AvgIpc) is 2.82. The Labute approximate surface area is 99.5 Å². The predicted molar refractivity (Wildman–Crippen MR) is 64.8 cm³/mol. The number of nitrogens with zero attached hydrogens (tertiary/aromatic N) is 1. The molecule has 0 aliphatic carbocycles. The van der Waals surface area contributed by atoms with E-state index < -0.39 is 0 Å². The fourth-order valence-corrected chi connectivity index (χ4v) is 3.44. The summed E-state index contributed by atoms with van der Waals surface area (Å²) in [6.07, 6.45) is 3.41. The number of amides is 1. The van der Waals surface area contributed by atoms with E-state index in [1.165, 1.54) is 6.42 Å². The average molecular weight is 236 g/mol. The highest BCUT2D eigenvalue weighted by atomic mass is 32.1. The van der Waals surface area contributed by atoms with Crippen molar-refractivity contribution < 1.29 is 4.79 Å². The van der Waals surface area contributed by atoms with E-state index in [1.54, 1.807) is 11.3 Å². The van der Waals surface area contributed by atoms with Crippen LogP contribution in [0.15, 0.2) is 16.8 Å². The standard InChI is InChI=1S/C12H16N2OS/c15-11(10-1-8-16-9-10)14-7-4-12(14)2-5-13-6-3-12/h1,8-9,13H,2-7H2. The Balaban J connectivity index is 1.78. The van der Waals surface area contributed by atoms with Crippen LogP contribution in [0.4, 0.5) is 0 Å². The highest BCUT2D eigenvalue weighted by Crippen LogP contribution is 2.39. The van der Waals surface area contributed by atoms with Crippen LogP contribution >= 0.6 is 11.3 Å².